The molecular formula is C13H25N. The highest BCUT2D eigenvalue weighted by atomic mass is 15.1. The normalized spacial score (nSPS) is 16.2. The molecule has 1 heteroatoms. The average Bonchev–Trinajstić information content (AvgIpc) is 2.18. The monoisotopic (exact) mass is 195 g/mol. The Balaban J connectivity index is 4.54. The Labute approximate surface area is 89.5 Å². The van der Waals surface area contributed by atoms with Crippen molar-refractivity contribution in [3.8, 4) is 0 Å². The highest BCUT2D eigenvalue weighted by molar-refractivity contribution is 5.11. The zero-order valence-electron chi connectivity index (χ0n) is 10.4. The molecule has 0 bridgehead atoms. The van der Waals surface area contributed by atoms with Crippen LogP contribution in [0.3, 0.4) is 0 Å². The number of hydrogen-bond acceptors (Lipinski definition) is 1. The molecule has 0 aliphatic rings. The number of hydrogen-bond donors (Lipinski definition) is 0. The fourth-order valence-corrected chi connectivity index (χ4v) is 1.40. The van der Waals surface area contributed by atoms with Gasteiger partial charge in [0, 0.05) is 24.7 Å². The van der Waals surface area contributed by atoms with E-state index in [-0.39, 0.29) is 5.41 Å². The van der Waals surface area contributed by atoms with Gasteiger partial charge in [-0.25, -0.2) is 0 Å². The zero-order chi connectivity index (χ0) is 11.2. The first-order valence-corrected chi connectivity index (χ1v) is 5.53. The highest BCUT2D eigenvalue weighted by Crippen LogP contribution is 2.26. The van der Waals surface area contributed by atoms with E-state index in [1.54, 1.807) is 0 Å². The summed E-state index contributed by atoms with van der Waals surface area (Å²) in [6.45, 7) is 13.8. The molecule has 0 amide bonds. The minimum atomic E-state index is 0.145. The first-order valence-electron chi connectivity index (χ1n) is 5.53. The van der Waals surface area contributed by atoms with Gasteiger partial charge in [-0.1, -0.05) is 32.9 Å². The molecule has 14 heavy (non-hydrogen) atoms. The number of rotatable bonds is 6. The maximum Gasteiger partial charge on any atom is 0.0168 e. The second-order valence-electron chi connectivity index (χ2n) is 4.27. The molecule has 0 fully saturated rings. The Hall–Kier alpha value is -0.720. The van der Waals surface area contributed by atoms with Crippen LogP contribution >= 0.6 is 0 Å². The van der Waals surface area contributed by atoms with E-state index >= 15 is 0 Å². The third-order valence-corrected chi connectivity index (χ3v) is 2.93. The van der Waals surface area contributed by atoms with Crippen LogP contribution in [0, 0.1) is 5.41 Å². The van der Waals surface area contributed by atoms with E-state index in [2.05, 4.69) is 52.3 Å². The summed E-state index contributed by atoms with van der Waals surface area (Å²) >= 11 is 0. The molecule has 0 aromatic rings. The third-order valence-electron chi connectivity index (χ3n) is 2.93. The molecule has 0 N–H and O–H groups in total. The predicted octanol–water partition coefficient (Wildman–Crippen LogP) is 3.83. The SMILES string of the molecule is C=CC(C)(/C=C(/C)N(C)CCC)CC. The van der Waals surface area contributed by atoms with Crippen LogP contribution < -0.4 is 0 Å². The van der Waals surface area contributed by atoms with Gasteiger partial charge in [0.05, 0.1) is 0 Å². The van der Waals surface area contributed by atoms with Gasteiger partial charge in [0.1, 0.15) is 0 Å². The summed E-state index contributed by atoms with van der Waals surface area (Å²) in [6, 6.07) is 0. The van der Waals surface area contributed by atoms with Gasteiger partial charge in [-0.2, -0.15) is 0 Å². The van der Waals surface area contributed by atoms with E-state index < -0.39 is 0 Å². The van der Waals surface area contributed by atoms with Crippen LogP contribution in [0.4, 0.5) is 0 Å². The van der Waals surface area contributed by atoms with Crippen molar-refractivity contribution in [3.63, 3.8) is 0 Å². The summed E-state index contributed by atoms with van der Waals surface area (Å²) in [7, 11) is 2.15. The Kier molecular flexibility index (Phi) is 5.59. The summed E-state index contributed by atoms with van der Waals surface area (Å²) in [5.41, 5.74) is 1.49. The van der Waals surface area contributed by atoms with Crippen molar-refractivity contribution in [2.24, 2.45) is 5.41 Å². The van der Waals surface area contributed by atoms with Crippen molar-refractivity contribution in [2.45, 2.75) is 40.5 Å². The summed E-state index contributed by atoms with van der Waals surface area (Å²) in [4.78, 5) is 2.30. The Bertz CT molecular complexity index is 205. The molecule has 0 radical (unpaired) electrons. The standard InChI is InChI=1S/C13H25N/c1-7-10-14(6)12(4)11-13(5,8-2)9-3/h8,11H,2,7,9-10H2,1,3-6H3/b12-11-. The molecule has 82 valence electrons. The molecule has 0 aromatic carbocycles. The minimum absolute atomic E-state index is 0.145. The summed E-state index contributed by atoms with van der Waals surface area (Å²) in [5, 5.41) is 0. The lowest BCUT2D eigenvalue weighted by atomic mass is 9.87. The van der Waals surface area contributed by atoms with Crippen LogP contribution in [0.5, 0.6) is 0 Å². The van der Waals surface area contributed by atoms with Crippen molar-refractivity contribution in [1.82, 2.24) is 4.90 Å². The van der Waals surface area contributed by atoms with Crippen molar-refractivity contribution in [3.05, 3.63) is 24.4 Å². The lowest BCUT2D eigenvalue weighted by Gasteiger charge is -2.25. The fraction of sp³-hybridized carbons (Fsp3) is 0.692. The van der Waals surface area contributed by atoms with Gasteiger partial charge in [-0.05, 0) is 19.8 Å². The minimum Gasteiger partial charge on any atom is -0.378 e. The molecular weight excluding hydrogens is 170 g/mol. The van der Waals surface area contributed by atoms with Crippen molar-refractivity contribution >= 4 is 0 Å². The average molecular weight is 195 g/mol. The largest absolute Gasteiger partial charge is 0.378 e. The van der Waals surface area contributed by atoms with Crippen molar-refractivity contribution in [1.29, 1.82) is 0 Å². The molecule has 0 saturated heterocycles. The van der Waals surface area contributed by atoms with Crippen molar-refractivity contribution < 1.29 is 0 Å². The molecule has 0 saturated carbocycles. The van der Waals surface area contributed by atoms with E-state index in [1.807, 2.05) is 6.08 Å². The van der Waals surface area contributed by atoms with Crippen LogP contribution in [-0.4, -0.2) is 18.5 Å². The molecule has 0 aromatic heterocycles. The van der Waals surface area contributed by atoms with Gasteiger partial charge in [-0.3, -0.25) is 0 Å². The fourth-order valence-electron chi connectivity index (χ4n) is 1.40. The molecule has 1 unspecified atom stereocenters. The van der Waals surface area contributed by atoms with Crippen LogP contribution in [0.1, 0.15) is 40.5 Å². The number of nitrogens with zero attached hydrogens (tertiary/aromatic N) is 1. The molecule has 0 aliphatic heterocycles. The van der Waals surface area contributed by atoms with Crippen LogP contribution in [0.2, 0.25) is 0 Å². The third kappa shape index (κ3) is 3.99. The van der Waals surface area contributed by atoms with E-state index in [1.165, 1.54) is 12.1 Å². The summed E-state index contributed by atoms with van der Waals surface area (Å²) in [5.74, 6) is 0. The van der Waals surface area contributed by atoms with Gasteiger partial charge in [-0.15, -0.1) is 6.58 Å². The topological polar surface area (TPSA) is 3.24 Å². The van der Waals surface area contributed by atoms with Crippen LogP contribution in [-0.2, 0) is 0 Å². The van der Waals surface area contributed by atoms with Crippen LogP contribution in [0.15, 0.2) is 24.4 Å². The molecule has 1 nitrogen and oxygen atoms in total. The summed E-state index contributed by atoms with van der Waals surface area (Å²) < 4.78 is 0. The van der Waals surface area contributed by atoms with Crippen molar-refractivity contribution in [2.75, 3.05) is 13.6 Å². The zero-order valence-corrected chi connectivity index (χ0v) is 10.4. The molecule has 0 rings (SSSR count). The maximum atomic E-state index is 3.90. The summed E-state index contributed by atoms with van der Waals surface area (Å²) in [6.07, 6.45) is 6.65. The van der Waals surface area contributed by atoms with Gasteiger partial charge in [0.15, 0.2) is 0 Å². The molecule has 0 heterocycles. The molecule has 0 aliphatic carbocycles. The Morgan fingerprint density at radius 3 is 2.36 bits per heavy atom. The molecule has 0 spiro atoms. The van der Waals surface area contributed by atoms with Gasteiger partial charge < -0.3 is 4.90 Å². The highest BCUT2D eigenvalue weighted by Gasteiger charge is 2.15. The van der Waals surface area contributed by atoms with Crippen LogP contribution in [0.25, 0.3) is 0 Å². The van der Waals surface area contributed by atoms with E-state index in [4.69, 9.17) is 0 Å². The second-order valence-corrected chi connectivity index (χ2v) is 4.27. The Morgan fingerprint density at radius 1 is 1.43 bits per heavy atom. The van der Waals surface area contributed by atoms with E-state index in [0.29, 0.717) is 0 Å². The molecule has 1 atom stereocenters. The smallest absolute Gasteiger partial charge is 0.0168 e. The van der Waals surface area contributed by atoms with Gasteiger partial charge in [0.2, 0.25) is 0 Å². The lowest BCUT2D eigenvalue weighted by Crippen LogP contribution is -2.19. The first-order chi connectivity index (χ1) is 6.49. The number of allylic oxidation sites excluding steroid dienone is 3. The van der Waals surface area contributed by atoms with Gasteiger partial charge >= 0.3 is 0 Å². The van der Waals surface area contributed by atoms with E-state index in [0.717, 1.165) is 13.0 Å². The maximum absolute atomic E-state index is 3.90. The first kappa shape index (κ1) is 13.3. The predicted molar refractivity (Wildman–Crippen MR) is 65.3 cm³/mol. The van der Waals surface area contributed by atoms with E-state index in [9.17, 15) is 0 Å². The second kappa shape index (κ2) is 5.90. The quantitative estimate of drug-likeness (QED) is 0.582. The Morgan fingerprint density at radius 2 is 2.00 bits per heavy atom. The lowest BCUT2D eigenvalue weighted by molar-refractivity contribution is 0.402. The van der Waals surface area contributed by atoms with Gasteiger partial charge in [0.25, 0.3) is 0 Å².